The summed E-state index contributed by atoms with van der Waals surface area (Å²) in [4.78, 5) is 21.1. The Morgan fingerprint density at radius 2 is 1.57 bits per heavy atom. The lowest BCUT2D eigenvalue weighted by Gasteiger charge is -2.09. The topological polar surface area (TPSA) is 82.6 Å². The number of hydrogen-bond acceptors (Lipinski definition) is 6. The smallest absolute Gasteiger partial charge is 0.321 e. The molecule has 0 aliphatic rings. The molecule has 0 spiro atoms. The molecule has 3 aromatic carbocycles. The van der Waals surface area contributed by atoms with Crippen molar-refractivity contribution < 1.29 is 19.0 Å². The number of nitrogens with one attached hydrogen (secondary N) is 1. The highest BCUT2D eigenvalue weighted by Crippen LogP contribution is 2.24. The molecule has 178 valence electrons. The predicted octanol–water partition coefficient (Wildman–Crippen LogP) is 5.66. The molecule has 0 aliphatic carbocycles. The maximum absolute atomic E-state index is 12.6. The molecule has 7 heteroatoms. The van der Waals surface area contributed by atoms with E-state index in [4.69, 9.17) is 14.2 Å². The molecule has 0 bridgehead atoms. The normalized spacial score (nSPS) is 10.5. The van der Waals surface area contributed by atoms with Gasteiger partial charge >= 0.3 is 6.01 Å². The summed E-state index contributed by atoms with van der Waals surface area (Å²) in [6, 6.07) is 22.5. The van der Waals surface area contributed by atoms with Crippen molar-refractivity contribution >= 4 is 5.91 Å². The first-order valence-corrected chi connectivity index (χ1v) is 11.4. The summed E-state index contributed by atoms with van der Waals surface area (Å²) in [6.45, 7) is 3.21. The van der Waals surface area contributed by atoms with E-state index in [1.165, 1.54) is 0 Å². The minimum absolute atomic E-state index is 0.138. The van der Waals surface area contributed by atoms with E-state index in [1.807, 2.05) is 48.5 Å². The highest BCUT2D eigenvalue weighted by molar-refractivity contribution is 5.94. The van der Waals surface area contributed by atoms with Crippen LogP contribution in [0.3, 0.4) is 0 Å². The van der Waals surface area contributed by atoms with E-state index in [9.17, 15) is 4.79 Å². The second-order valence-electron chi connectivity index (χ2n) is 7.79. The van der Waals surface area contributed by atoms with E-state index in [2.05, 4.69) is 22.2 Å². The van der Waals surface area contributed by atoms with Gasteiger partial charge in [-0.05, 0) is 53.9 Å². The average Bonchev–Trinajstić information content (AvgIpc) is 2.92. The summed E-state index contributed by atoms with van der Waals surface area (Å²) in [5.41, 5.74) is 3.31. The van der Waals surface area contributed by atoms with E-state index >= 15 is 0 Å². The summed E-state index contributed by atoms with van der Waals surface area (Å²) in [5, 5.41) is 2.95. The number of carbonyl (C=O) groups excluding carboxylic acids is 1. The van der Waals surface area contributed by atoms with Crippen molar-refractivity contribution in [2.75, 3.05) is 13.7 Å². The van der Waals surface area contributed by atoms with E-state index in [0.717, 1.165) is 28.9 Å². The first-order chi connectivity index (χ1) is 17.1. The number of hydrogen-bond donors (Lipinski definition) is 1. The van der Waals surface area contributed by atoms with Crippen molar-refractivity contribution in [3.63, 3.8) is 0 Å². The van der Waals surface area contributed by atoms with Gasteiger partial charge < -0.3 is 19.5 Å². The lowest BCUT2D eigenvalue weighted by Crippen LogP contribution is -2.22. The fourth-order valence-electron chi connectivity index (χ4n) is 3.31. The number of benzene rings is 3. The van der Waals surface area contributed by atoms with Crippen LogP contribution in [0.2, 0.25) is 0 Å². The van der Waals surface area contributed by atoms with Crippen LogP contribution in [0, 0.1) is 0 Å². The minimum Gasteiger partial charge on any atom is -0.497 e. The van der Waals surface area contributed by atoms with Crippen LogP contribution in [0.4, 0.5) is 0 Å². The Morgan fingerprint density at radius 1 is 0.857 bits per heavy atom. The summed E-state index contributed by atoms with van der Waals surface area (Å²) >= 11 is 0. The van der Waals surface area contributed by atoms with Crippen molar-refractivity contribution in [3.8, 4) is 34.4 Å². The van der Waals surface area contributed by atoms with Crippen LogP contribution >= 0.6 is 0 Å². The number of methoxy groups -OCH3 is 1. The summed E-state index contributed by atoms with van der Waals surface area (Å²) < 4.78 is 16.5. The van der Waals surface area contributed by atoms with Gasteiger partial charge in [-0.2, -0.15) is 0 Å². The number of aromatic nitrogens is 2. The number of ether oxygens (including phenoxy) is 3. The molecule has 4 aromatic rings. The van der Waals surface area contributed by atoms with E-state index < -0.39 is 0 Å². The minimum atomic E-state index is -0.138. The average molecular weight is 470 g/mol. The zero-order valence-electron chi connectivity index (χ0n) is 19.7. The molecule has 1 aromatic heterocycles. The molecule has 1 heterocycles. The predicted molar refractivity (Wildman–Crippen MR) is 134 cm³/mol. The van der Waals surface area contributed by atoms with Crippen LogP contribution < -0.4 is 19.5 Å². The Hall–Kier alpha value is -4.39. The number of amides is 1. The molecule has 0 saturated heterocycles. The monoisotopic (exact) mass is 469 g/mol. The first-order valence-electron chi connectivity index (χ1n) is 11.4. The Labute approximate surface area is 204 Å². The van der Waals surface area contributed by atoms with Crippen LogP contribution in [0.25, 0.3) is 11.1 Å². The molecule has 1 N–H and O–H groups in total. The summed E-state index contributed by atoms with van der Waals surface area (Å²) in [5.74, 6) is 1.98. The Morgan fingerprint density at radius 3 is 2.26 bits per heavy atom. The standard InChI is InChI=1S/C28H27N3O4/c1-3-15-34-24-13-7-20(8-14-24)17-29-27(32)22-11-9-21(10-12-22)23-18-30-28(31-19-23)35-26-6-4-5-25(16-26)33-2/h4-14,16,18-19H,3,15,17H2,1-2H3,(H,29,32). The first kappa shape index (κ1) is 23.8. The van der Waals surface area contributed by atoms with E-state index in [-0.39, 0.29) is 11.9 Å². The van der Waals surface area contributed by atoms with Gasteiger partial charge in [0.25, 0.3) is 5.91 Å². The molecule has 0 aliphatic heterocycles. The molecule has 4 rings (SSSR count). The van der Waals surface area contributed by atoms with Crippen LogP contribution in [0.5, 0.6) is 23.3 Å². The fraction of sp³-hybridized carbons (Fsp3) is 0.179. The molecule has 0 radical (unpaired) electrons. The maximum Gasteiger partial charge on any atom is 0.321 e. The fourth-order valence-corrected chi connectivity index (χ4v) is 3.31. The third-order valence-corrected chi connectivity index (χ3v) is 5.21. The van der Waals surface area contributed by atoms with Gasteiger partial charge in [0.1, 0.15) is 17.2 Å². The summed E-state index contributed by atoms with van der Waals surface area (Å²) in [7, 11) is 1.60. The SMILES string of the molecule is CCCOc1ccc(CNC(=O)c2ccc(-c3cnc(Oc4cccc(OC)c4)nc3)cc2)cc1. The summed E-state index contributed by atoms with van der Waals surface area (Å²) in [6.07, 6.45) is 4.34. The molecule has 0 unspecified atom stereocenters. The van der Waals surface area contributed by atoms with Crippen molar-refractivity contribution in [1.82, 2.24) is 15.3 Å². The Bertz CT molecular complexity index is 1240. The van der Waals surface area contributed by atoms with E-state index in [1.54, 1.807) is 43.8 Å². The van der Waals surface area contributed by atoms with Crippen molar-refractivity contribution in [3.05, 3.63) is 96.3 Å². The number of rotatable bonds is 10. The van der Waals surface area contributed by atoms with Gasteiger partial charge in [0, 0.05) is 36.1 Å². The molecular formula is C28H27N3O4. The lowest BCUT2D eigenvalue weighted by molar-refractivity contribution is 0.0951. The van der Waals surface area contributed by atoms with Gasteiger partial charge in [-0.25, -0.2) is 9.97 Å². The third-order valence-electron chi connectivity index (χ3n) is 5.21. The molecule has 0 atom stereocenters. The van der Waals surface area contributed by atoms with Crippen molar-refractivity contribution in [1.29, 1.82) is 0 Å². The van der Waals surface area contributed by atoms with Crippen LogP contribution in [-0.2, 0) is 6.54 Å². The third kappa shape index (κ3) is 6.57. The molecule has 1 amide bonds. The van der Waals surface area contributed by atoms with Gasteiger partial charge in [-0.1, -0.05) is 37.3 Å². The number of nitrogens with zero attached hydrogens (tertiary/aromatic N) is 2. The molecule has 0 fully saturated rings. The zero-order valence-corrected chi connectivity index (χ0v) is 19.7. The molecular weight excluding hydrogens is 442 g/mol. The quantitative estimate of drug-likeness (QED) is 0.323. The molecule has 7 nitrogen and oxygen atoms in total. The van der Waals surface area contributed by atoms with Gasteiger partial charge in [-0.15, -0.1) is 0 Å². The Balaban J connectivity index is 1.32. The maximum atomic E-state index is 12.6. The van der Waals surface area contributed by atoms with Gasteiger partial charge in [0.2, 0.25) is 0 Å². The van der Waals surface area contributed by atoms with Crippen LogP contribution in [-0.4, -0.2) is 29.6 Å². The van der Waals surface area contributed by atoms with E-state index in [0.29, 0.717) is 30.2 Å². The van der Waals surface area contributed by atoms with Gasteiger partial charge in [0.05, 0.1) is 13.7 Å². The second-order valence-corrected chi connectivity index (χ2v) is 7.79. The van der Waals surface area contributed by atoms with Crippen molar-refractivity contribution in [2.45, 2.75) is 19.9 Å². The lowest BCUT2D eigenvalue weighted by atomic mass is 10.1. The second kappa shape index (κ2) is 11.7. The Kier molecular flexibility index (Phi) is 7.91. The molecule has 0 saturated carbocycles. The van der Waals surface area contributed by atoms with Crippen LogP contribution in [0.1, 0.15) is 29.3 Å². The largest absolute Gasteiger partial charge is 0.497 e. The van der Waals surface area contributed by atoms with Crippen molar-refractivity contribution in [2.24, 2.45) is 0 Å². The highest BCUT2D eigenvalue weighted by atomic mass is 16.5. The molecule has 35 heavy (non-hydrogen) atoms. The highest BCUT2D eigenvalue weighted by Gasteiger charge is 2.08. The van der Waals surface area contributed by atoms with Crippen LogP contribution in [0.15, 0.2) is 85.2 Å². The number of carbonyl (C=O) groups is 1. The zero-order chi connectivity index (χ0) is 24.5. The van der Waals surface area contributed by atoms with Gasteiger partial charge in [0.15, 0.2) is 0 Å². The van der Waals surface area contributed by atoms with Gasteiger partial charge in [-0.3, -0.25) is 4.79 Å².